The third kappa shape index (κ3) is 2.08. The first-order valence-electron chi connectivity index (χ1n) is 6.29. The summed E-state index contributed by atoms with van der Waals surface area (Å²) < 4.78 is 6.92. The minimum absolute atomic E-state index is 0.304. The molecular formula is C16H15NO2. The Kier molecular flexibility index (Phi) is 2.75. The lowest BCUT2D eigenvalue weighted by molar-refractivity contribution is 0.517. The molecule has 3 heteroatoms. The summed E-state index contributed by atoms with van der Waals surface area (Å²) in [5, 5.41) is 0. The van der Waals surface area contributed by atoms with Crippen LogP contribution in [0.15, 0.2) is 51.7 Å². The second kappa shape index (κ2) is 4.43. The second-order valence-electron chi connectivity index (χ2n) is 4.85. The molecule has 0 fully saturated rings. The normalized spacial score (nSPS) is 11.1. The minimum atomic E-state index is -0.304. The number of para-hydroxylation sites is 2. The van der Waals surface area contributed by atoms with Gasteiger partial charge in [-0.3, -0.25) is 4.57 Å². The van der Waals surface area contributed by atoms with Crippen molar-refractivity contribution in [2.45, 2.75) is 20.4 Å². The minimum Gasteiger partial charge on any atom is -0.408 e. The first-order valence-corrected chi connectivity index (χ1v) is 6.29. The number of benzene rings is 2. The number of oxazole rings is 1. The fourth-order valence-corrected chi connectivity index (χ4v) is 2.36. The molecule has 3 rings (SSSR count). The Balaban J connectivity index is 2.10. The van der Waals surface area contributed by atoms with E-state index in [1.807, 2.05) is 24.3 Å². The Morgan fingerprint density at radius 2 is 1.89 bits per heavy atom. The molecule has 96 valence electrons. The van der Waals surface area contributed by atoms with Gasteiger partial charge in [0, 0.05) is 0 Å². The van der Waals surface area contributed by atoms with E-state index in [1.54, 1.807) is 4.57 Å². The van der Waals surface area contributed by atoms with Crippen LogP contribution in [-0.4, -0.2) is 4.57 Å². The van der Waals surface area contributed by atoms with E-state index in [2.05, 4.69) is 32.0 Å². The van der Waals surface area contributed by atoms with Crippen LogP contribution >= 0.6 is 0 Å². The molecule has 0 radical (unpaired) electrons. The van der Waals surface area contributed by atoms with Gasteiger partial charge >= 0.3 is 5.76 Å². The number of rotatable bonds is 2. The zero-order valence-electron chi connectivity index (χ0n) is 11.0. The monoisotopic (exact) mass is 253 g/mol. The Morgan fingerprint density at radius 3 is 2.68 bits per heavy atom. The van der Waals surface area contributed by atoms with Gasteiger partial charge in [0.2, 0.25) is 0 Å². The Labute approximate surface area is 111 Å². The largest absolute Gasteiger partial charge is 0.420 e. The lowest BCUT2D eigenvalue weighted by atomic mass is 10.1. The maximum atomic E-state index is 11.9. The summed E-state index contributed by atoms with van der Waals surface area (Å²) in [6.07, 6.45) is 0. The topological polar surface area (TPSA) is 35.1 Å². The van der Waals surface area contributed by atoms with E-state index in [0.717, 1.165) is 11.1 Å². The lowest BCUT2D eigenvalue weighted by Crippen LogP contribution is -2.15. The molecule has 2 aromatic carbocycles. The summed E-state index contributed by atoms with van der Waals surface area (Å²) in [5.74, 6) is -0.304. The lowest BCUT2D eigenvalue weighted by Gasteiger charge is -2.07. The summed E-state index contributed by atoms with van der Waals surface area (Å²) >= 11 is 0. The SMILES string of the molecule is Cc1ccc(Cn2c(=O)oc3ccccc32)c(C)c1. The molecule has 0 spiro atoms. The fraction of sp³-hybridized carbons (Fsp3) is 0.188. The zero-order valence-corrected chi connectivity index (χ0v) is 11.0. The number of fused-ring (bicyclic) bond motifs is 1. The van der Waals surface area contributed by atoms with Gasteiger partial charge in [-0.2, -0.15) is 0 Å². The van der Waals surface area contributed by atoms with Crippen LogP contribution in [-0.2, 0) is 6.54 Å². The highest BCUT2D eigenvalue weighted by Crippen LogP contribution is 2.16. The first-order chi connectivity index (χ1) is 9.15. The van der Waals surface area contributed by atoms with E-state index in [-0.39, 0.29) is 5.76 Å². The first kappa shape index (κ1) is 11.8. The molecule has 0 saturated carbocycles. The van der Waals surface area contributed by atoms with Gasteiger partial charge in [0.1, 0.15) is 0 Å². The highest BCUT2D eigenvalue weighted by Gasteiger charge is 2.09. The Morgan fingerprint density at radius 1 is 1.11 bits per heavy atom. The quantitative estimate of drug-likeness (QED) is 0.702. The number of hydrogen-bond acceptors (Lipinski definition) is 2. The standard InChI is InChI=1S/C16H15NO2/c1-11-7-8-13(12(2)9-11)10-17-14-5-3-4-6-15(14)19-16(17)18/h3-9H,10H2,1-2H3. The third-order valence-corrected chi connectivity index (χ3v) is 3.40. The summed E-state index contributed by atoms with van der Waals surface area (Å²) in [6.45, 7) is 4.67. The zero-order chi connectivity index (χ0) is 13.4. The van der Waals surface area contributed by atoms with Crippen LogP contribution in [0.1, 0.15) is 16.7 Å². The van der Waals surface area contributed by atoms with E-state index in [9.17, 15) is 4.79 Å². The van der Waals surface area contributed by atoms with Crippen LogP contribution < -0.4 is 5.76 Å². The highest BCUT2D eigenvalue weighted by molar-refractivity contribution is 5.72. The van der Waals surface area contributed by atoms with Gasteiger partial charge in [-0.05, 0) is 37.1 Å². The maximum absolute atomic E-state index is 11.9. The van der Waals surface area contributed by atoms with Crippen molar-refractivity contribution in [3.05, 3.63) is 69.7 Å². The van der Waals surface area contributed by atoms with Gasteiger partial charge in [0.15, 0.2) is 5.58 Å². The molecule has 0 bridgehead atoms. The van der Waals surface area contributed by atoms with Crippen molar-refractivity contribution in [3.8, 4) is 0 Å². The van der Waals surface area contributed by atoms with Crippen LogP contribution in [0.25, 0.3) is 11.1 Å². The average Bonchev–Trinajstić information content (AvgIpc) is 2.69. The molecule has 0 N–H and O–H groups in total. The Hall–Kier alpha value is -2.29. The van der Waals surface area contributed by atoms with Gasteiger partial charge in [-0.1, -0.05) is 35.9 Å². The van der Waals surface area contributed by atoms with Crippen LogP contribution in [0.2, 0.25) is 0 Å². The molecule has 0 aliphatic carbocycles. The van der Waals surface area contributed by atoms with Crippen molar-refractivity contribution in [2.24, 2.45) is 0 Å². The maximum Gasteiger partial charge on any atom is 0.420 e. The van der Waals surface area contributed by atoms with Gasteiger partial charge in [-0.25, -0.2) is 4.79 Å². The predicted molar refractivity (Wildman–Crippen MR) is 75.5 cm³/mol. The van der Waals surface area contributed by atoms with E-state index in [0.29, 0.717) is 12.1 Å². The number of aryl methyl sites for hydroxylation is 2. The molecule has 0 aliphatic rings. The highest BCUT2D eigenvalue weighted by atomic mass is 16.4. The molecule has 0 atom stereocenters. The molecule has 19 heavy (non-hydrogen) atoms. The third-order valence-electron chi connectivity index (χ3n) is 3.40. The summed E-state index contributed by atoms with van der Waals surface area (Å²) in [5.41, 5.74) is 5.03. The number of nitrogens with zero attached hydrogens (tertiary/aromatic N) is 1. The van der Waals surface area contributed by atoms with Crippen molar-refractivity contribution in [3.63, 3.8) is 0 Å². The van der Waals surface area contributed by atoms with Crippen LogP contribution in [0.3, 0.4) is 0 Å². The van der Waals surface area contributed by atoms with Crippen molar-refractivity contribution in [1.82, 2.24) is 4.57 Å². The molecule has 3 nitrogen and oxygen atoms in total. The predicted octanol–water partition coefficient (Wildman–Crippen LogP) is 3.26. The van der Waals surface area contributed by atoms with Gasteiger partial charge in [-0.15, -0.1) is 0 Å². The molecular weight excluding hydrogens is 238 g/mol. The molecule has 3 aromatic rings. The number of hydrogen-bond donors (Lipinski definition) is 0. The van der Waals surface area contributed by atoms with Gasteiger partial charge < -0.3 is 4.42 Å². The summed E-state index contributed by atoms with van der Waals surface area (Å²) in [7, 11) is 0. The van der Waals surface area contributed by atoms with Crippen molar-refractivity contribution in [1.29, 1.82) is 0 Å². The van der Waals surface area contributed by atoms with Crippen molar-refractivity contribution >= 4 is 11.1 Å². The van der Waals surface area contributed by atoms with E-state index >= 15 is 0 Å². The molecule has 0 saturated heterocycles. The second-order valence-corrected chi connectivity index (χ2v) is 4.85. The van der Waals surface area contributed by atoms with E-state index < -0.39 is 0 Å². The summed E-state index contributed by atoms with van der Waals surface area (Å²) in [6, 6.07) is 13.8. The number of aromatic nitrogens is 1. The van der Waals surface area contributed by atoms with E-state index in [1.165, 1.54) is 11.1 Å². The fourth-order valence-electron chi connectivity index (χ4n) is 2.36. The van der Waals surface area contributed by atoms with Gasteiger partial charge in [0.05, 0.1) is 12.1 Å². The van der Waals surface area contributed by atoms with E-state index in [4.69, 9.17) is 4.42 Å². The van der Waals surface area contributed by atoms with Crippen molar-refractivity contribution in [2.75, 3.05) is 0 Å². The molecule has 1 aromatic heterocycles. The van der Waals surface area contributed by atoms with Crippen LogP contribution in [0.5, 0.6) is 0 Å². The molecule has 0 aliphatic heterocycles. The molecule has 0 amide bonds. The van der Waals surface area contributed by atoms with Crippen molar-refractivity contribution < 1.29 is 4.42 Å². The average molecular weight is 253 g/mol. The summed E-state index contributed by atoms with van der Waals surface area (Å²) in [4.78, 5) is 11.9. The smallest absolute Gasteiger partial charge is 0.408 e. The molecule has 0 unspecified atom stereocenters. The van der Waals surface area contributed by atoms with Crippen LogP contribution in [0, 0.1) is 13.8 Å². The molecule has 1 heterocycles. The van der Waals surface area contributed by atoms with Gasteiger partial charge in [0.25, 0.3) is 0 Å². The Bertz CT molecular complexity index is 796. The van der Waals surface area contributed by atoms with Crippen LogP contribution in [0.4, 0.5) is 0 Å².